The van der Waals surface area contributed by atoms with Crippen LogP contribution in [0.25, 0.3) is 10.4 Å². The van der Waals surface area contributed by atoms with Crippen molar-refractivity contribution in [3.05, 3.63) is 76.2 Å². The number of thiophene rings is 1. The van der Waals surface area contributed by atoms with Gasteiger partial charge in [-0.3, -0.25) is 9.59 Å². The largest absolute Gasteiger partial charge is 0.381 e. The molecule has 2 fully saturated rings. The summed E-state index contributed by atoms with van der Waals surface area (Å²) in [6.45, 7) is 7.74. The van der Waals surface area contributed by atoms with Crippen molar-refractivity contribution in [2.24, 2.45) is 5.92 Å². The Labute approximate surface area is 228 Å². The van der Waals surface area contributed by atoms with Crippen molar-refractivity contribution in [1.82, 2.24) is 16.0 Å². The van der Waals surface area contributed by atoms with Gasteiger partial charge in [0.05, 0.1) is 18.6 Å². The van der Waals surface area contributed by atoms with Crippen molar-refractivity contribution < 1.29 is 14.3 Å². The molecule has 0 bridgehead atoms. The SMILES string of the molecule is Cc1ccc(NC2CNC2)cc1C(=O)N[C@H](C)c1cccc(-c2ccc(CNC(=O)C3CCOCC3)s2)c1. The zero-order chi connectivity index (χ0) is 26.5. The first kappa shape index (κ1) is 26.4. The minimum absolute atomic E-state index is 0.0548. The Kier molecular flexibility index (Phi) is 8.42. The maximum atomic E-state index is 13.2. The van der Waals surface area contributed by atoms with Gasteiger partial charge in [0.25, 0.3) is 5.91 Å². The Morgan fingerprint density at radius 3 is 2.66 bits per heavy atom. The number of nitrogens with one attached hydrogen (secondary N) is 4. The van der Waals surface area contributed by atoms with Crippen LogP contribution < -0.4 is 21.3 Å². The second kappa shape index (κ2) is 12.1. The lowest BCUT2D eigenvalue weighted by Crippen LogP contribution is -2.51. The van der Waals surface area contributed by atoms with Gasteiger partial charge in [0.15, 0.2) is 0 Å². The molecular formula is C30H36N4O3S. The number of carbonyl (C=O) groups excluding carboxylic acids is 2. The van der Waals surface area contributed by atoms with E-state index in [0.717, 1.165) is 58.1 Å². The van der Waals surface area contributed by atoms with E-state index in [1.807, 2.05) is 44.2 Å². The smallest absolute Gasteiger partial charge is 0.252 e. The minimum Gasteiger partial charge on any atom is -0.381 e. The van der Waals surface area contributed by atoms with Crippen molar-refractivity contribution >= 4 is 28.8 Å². The zero-order valence-corrected chi connectivity index (χ0v) is 22.8. The van der Waals surface area contributed by atoms with Crippen molar-refractivity contribution in [1.29, 1.82) is 0 Å². The van der Waals surface area contributed by atoms with E-state index >= 15 is 0 Å². The molecule has 4 N–H and O–H groups in total. The summed E-state index contributed by atoms with van der Waals surface area (Å²) >= 11 is 1.68. The molecule has 7 nitrogen and oxygen atoms in total. The van der Waals surface area contributed by atoms with Crippen LogP contribution in [0.1, 0.15) is 52.2 Å². The second-order valence-electron chi connectivity index (χ2n) is 10.2. The van der Waals surface area contributed by atoms with Crippen LogP contribution in [0.2, 0.25) is 0 Å². The first-order valence-corrected chi connectivity index (χ1v) is 14.2. The van der Waals surface area contributed by atoms with Crippen LogP contribution in [0, 0.1) is 12.8 Å². The summed E-state index contributed by atoms with van der Waals surface area (Å²) in [6, 6.07) is 18.7. The molecule has 2 saturated heterocycles. The highest BCUT2D eigenvalue weighted by Gasteiger charge is 2.22. The van der Waals surface area contributed by atoms with Gasteiger partial charge >= 0.3 is 0 Å². The van der Waals surface area contributed by atoms with Gasteiger partial charge in [-0.05, 0) is 73.7 Å². The Morgan fingerprint density at radius 2 is 1.89 bits per heavy atom. The quantitative estimate of drug-likeness (QED) is 0.322. The highest BCUT2D eigenvalue weighted by Crippen LogP contribution is 2.30. The molecule has 2 aliphatic rings. The Balaban J connectivity index is 1.20. The average molecular weight is 533 g/mol. The maximum absolute atomic E-state index is 13.2. The van der Waals surface area contributed by atoms with E-state index in [0.29, 0.717) is 31.4 Å². The van der Waals surface area contributed by atoms with E-state index in [2.05, 4.69) is 45.5 Å². The number of carbonyl (C=O) groups is 2. The Morgan fingerprint density at radius 1 is 1.08 bits per heavy atom. The summed E-state index contributed by atoms with van der Waals surface area (Å²) in [7, 11) is 0. The van der Waals surface area contributed by atoms with Gasteiger partial charge in [0.1, 0.15) is 0 Å². The van der Waals surface area contributed by atoms with Crippen LogP contribution in [0.3, 0.4) is 0 Å². The van der Waals surface area contributed by atoms with E-state index in [4.69, 9.17) is 4.74 Å². The topological polar surface area (TPSA) is 91.5 Å². The first-order chi connectivity index (χ1) is 18.5. The molecule has 1 atom stereocenters. The number of hydrogen-bond donors (Lipinski definition) is 4. The van der Waals surface area contributed by atoms with Gasteiger partial charge in [-0.1, -0.05) is 24.3 Å². The van der Waals surface area contributed by atoms with E-state index in [1.54, 1.807) is 11.3 Å². The molecule has 2 aromatic carbocycles. The second-order valence-corrected chi connectivity index (χ2v) is 11.4. The molecule has 38 heavy (non-hydrogen) atoms. The third kappa shape index (κ3) is 6.43. The van der Waals surface area contributed by atoms with Crippen molar-refractivity contribution in [2.75, 3.05) is 31.6 Å². The standard InChI is InChI=1S/C30H36N4O3S/c1-19-6-7-24(34-25-16-31-17-25)15-27(19)30(36)33-20(2)22-4-3-5-23(14-22)28-9-8-26(38-28)18-32-29(35)21-10-12-37-13-11-21/h3-9,14-15,20-21,25,31,34H,10-13,16-18H2,1-2H3,(H,32,35)(H,33,36)/t20-/m1/s1. The van der Waals surface area contributed by atoms with Gasteiger partial charge in [0, 0.05) is 53.2 Å². The Bertz CT molecular complexity index is 1280. The lowest BCUT2D eigenvalue weighted by molar-refractivity contribution is -0.128. The normalized spacial score (nSPS) is 16.9. The average Bonchev–Trinajstić information content (AvgIpc) is 3.40. The van der Waals surface area contributed by atoms with Crippen LogP contribution in [-0.2, 0) is 16.1 Å². The van der Waals surface area contributed by atoms with E-state index in [1.165, 1.54) is 0 Å². The first-order valence-electron chi connectivity index (χ1n) is 13.4. The molecule has 2 amide bonds. The number of rotatable bonds is 9. The molecule has 5 rings (SSSR count). The predicted octanol–water partition coefficient (Wildman–Crippen LogP) is 4.64. The molecule has 200 valence electrons. The van der Waals surface area contributed by atoms with E-state index in [-0.39, 0.29) is 23.8 Å². The molecule has 8 heteroatoms. The van der Waals surface area contributed by atoms with E-state index in [9.17, 15) is 9.59 Å². The molecule has 1 aromatic heterocycles. The molecular weight excluding hydrogens is 496 g/mol. The molecule has 3 aromatic rings. The third-order valence-electron chi connectivity index (χ3n) is 7.34. The van der Waals surface area contributed by atoms with Crippen LogP contribution >= 0.6 is 11.3 Å². The zero-order valence-electron chi connectivity index (χ0n) is 22.0. The molecule has 0 spiro atoms. The lowest BCUT2D eigenvalue weighted by Gasteiger charge is -2.29. The number of anilines is 1. The minimum atomic E-state index is -0.146. The van der Waals surface area contributed by atoms with Gasteiger partial charge in [-0.2, -0.15) is 0 Å². The number of aryl methyl sites for hydroxylation is 1. The monoisotopic (exact) mass is 532 g/mol. The molecule has 0 aliphatic carbocycles. The van der Waals surface area contributed by atoms with Gasteiger partial charge in [-0.25, -0.2) is 0 Å². The van der Waals surface area contributed by atoms with Crippen molar-refractivity contribution in [2.45, 2.75) is 45.3 Å². The molecule has 0 unspecified atom stereocenters. The summed E-state index contributed by atoms with van der Waals surface area (Å²) < 4.78 is 5.36. The number of amides is 2. The molecule has 2 aliphatic heterocycles. The summed E-state index contributed by atoms with van der Waals surface area (Å²) in [6.07, 6.45) is 1.59. The van der Waals surface area contributed by atoms with Crippen molar-refractivity contribution in [3.8, 4) is 10.4 Å². The van der Waals surface area contributed by atoms with Crippen LogP contribution in [0.4, 0.5) is 5.69 Å². The number of hydrogen-bond acceptors (Lipinski definition) is 6. The predicted molar refractivity (Wildman–Crippen MR) is 152 cm³/mol. The highest BCUT2D eigenvalue weighted by molar-refractivity contribution is 7.15. The molecule has 3 heterocycles. The molecule has 0 radical (unpaired) electrons. The van der Waals surface area contributed by atoms with Gasteiger partial charge < -0.3 is 26.0 Å². The van der Waals surface area contributed by atoms with Crippen LogP contribution in [0.15, 0.2) is 54.6 Å². The fraction of sp³-hybridized carbons (Fsp3) is 0.400. The summed E-state index contributed by atoms with van der Waals surface area (Å²) in [5, 5.41) is 13.0. The summed E-state index contributed by atoms with van der Waals surface area (Å²) in [5.74, 6) is 0.0972. The number of ether oxygens (including phenoxy) is 1. The van der Waals surface area contributed by atoms with Gasteiger partial charge in [-0.15, -0.1) is 11.3 Å². The van der Waals surface area contributed by atoms with Crippen LogP contribution in [0.5, 0.6) is 0 Å². The molecule has 0 saturated carbocycles. The van der Waals surface area contributed by atoms with Gasteiger partial charge in [0.2, 0.25) is 5.91 Å². The highest BCUT2D eigenvalue weighted by atomic mass is 32.1. The number of benzene rings is 2. The maximum Gasteiger partial charge on any atom is 0.252 e. The lowest BCUT2D eigenvalue weighted by atomic mass is 9.99. The van der Waals surface area contributed by atoms with Crippen molar-refractivity contribution in [3.63, 3.8) is 0 Å². The third-order valence-corrected chi connectivity index (χ3v) is 8.48. The summed E-state index contributed by atoms with van der Waals surface area (Å²) in [5.41, 5.74) is 4.77. The Hall–Kier alpha value is -3.20. The fourth-order valence-corrected chi connectivity index (χ4v) is 5.75. The van der Waals surface area contributed by atoms with Crippen LogP contribution in [-0.4, -0.2) is 44.2 Å². The fourth-order valence-electron chi connectivity index (χ4n) is 4.81. The van der Waals surface area contributed by atoms with E-state index < -0.39 is 0 Å². The summed E-state index contributed by atoms with van der Waals surface area (Å²) in [4.78, 5) is 27.9.